The van der Waals surface area contributed by atoms with Crippen LogP contribution in [0.25, 0.3) is 0 Å². The minimum Gasteiger partial charge on any atom is -0.507 e. The highest BCUT2D eigenvalue weighted by Gasteiger charge is 2.06. The summed E-state index contributed by atoms with van der Waals surface area (Å²) in [7, 11) is 0. The number of aromatic hydroxyl groups is 1. The van der Waals surface area contributed by atoms with Crippen LogP contribution >= 0.6 is 0 Å². The molecule has 0 heterocycles. The number of nitrogens with zero attached hydrogens (tertiary/aromatic N) is 1. The van der Waals surface area contributed by atoms with E-state index in [1.54, 1.807) is 6.21 Å². The van der Waals surface area contributed by atoms with E-state index in [-0.39, 0.29) is 0 Å². The molecule has 0 unspecified atom stereocenters. The van der Waals surface area contributed by atoms with Crippen molar-refractivity contribution in [1.82, 2.24) is 0 Å². The van der Waals surface area contributed by atoms with Crippen LogP contribution in [0, 0.1) is 6.92 Å². The van der Waals surface area contributed by atoms with Gasteiger partial charge in [-0.15, -0.1) is 0 Å². The summed E-state index contributed by atoms with van der Waals surface area (Å²) >= 11 is 0. The summed E-state index contributed by atoms with van der Waals surface area (Å²) in [5.41, 5.74) is 3.85. The topological polar surface area (TPSA) is 32.6 Å². The zero-order valence-corrected chi connectivity index (χ0v) is 12.1. The van der Waals surface area contributed by atoms with E-state index >= 15 is 0 Å². The van der Waals surface area contributed by atoms with Crippen LogP contribution in [0.5, 0.6) is 5.75 Å². The number of hydrogen-bond donors (Lipinski definition) is 1. The Bertz CT molecular complexity index is 588. The normalized spacial score (nSPS) is 11.1. The quantitative estimate of drug-likeness (QED) is 0.776. The van der Waals surface area contributed by atoms with Crippen molar-refractivity contribution in [2.45, 2.75) is 33.1 Å². The molecule has 2 rings (SSSR count). The Morgan fingerprint density at radius 2 is 1.90 bits per heavy atom. The first-order valence-electron chi connectivity index (χ1n) is 7.12. The minimum absolute atomic E-state index is 0.365. The lowest BCUT2D eigenvalue weighted by molar-refractivity contribution is 0.466. The van der Waals surface area contributed by atoms with Gasteiger partial charge >= 0.3 is 0 Å². The van der Waals surface area contributed by atoms with Crippen molar-refractivity contribution < 1.29 is 5.11 Å². The maximum atomic E-state index is 10.3. The lowest BCUT2D eigenvalue weighted by Crippen LogP contribution is -1.93. The van der Waals surface area contributed by atoms with Crippen molar-refractivity contribution in [1.29, 1.82) is 0 Å². The van der Waals surface area contributed by atoms with E-state index in [2.05, 4.69) is 24.9 Å². The highest BCUT2D eigenvalue weighted by atomic mass is 16.3. The van der Waals surface area contributed by atoms with E-state index in [0.717, 1.165) is 41.6 Å². The number of hydrogen-bond acceptors (Lipinski definition) is 2. The maximum Gasteiger partial charge on any atom is 0.127 e. The Morgan fingerprint density at radius 3 is 2.60 bits per heavy atom. The summed E-state index contributed by atoms with van der Waals surface area (Å²) in [6.07, 6.45) is 4.87. The minimum atomic E-state index is 0.365. The molecule has 0 aliphatic carbocycles. The van der Waals surface area contributed by atoms with Crippen LogP contribution < -0.4 is 0 Å². The molecule has 104 valence electrons. The molecule has 2 aromatic rings. The fraction of sp³-hybridized carbons (Fsp3) is 0.278. The highest BCUT2D eigenvalue weighted by molar-refractivity contribution is 5.86. The van der Waals surface area contributed by atoms with Gasteiger partial charge in [0.1, 0.15) is 5.75 Å². The molecule has 0 saturated heterocycles. The highest BCUT2D eigenvalue weighted by Crippen LogP contribution is 2.25. The molecule has 0 saturated carbocycles. The second kappa shape index (κ2) is 6.90. The number of aliphatic imine (C=N–C) groups is 1. The van der Waals surface area contributed by atoms with E-state index in [4.69, 9.17) is 0 Å². The molecule has 0 radical (unpaired) electrons. The number of unbranched alkanes of at least 4 members (excludes halogenated alkanes) is 1. The number of aryl methyl sites for hydroxylation is 2. The second-order valence-electron chi connectivity index (χ2n) is 5.06. The second-order valence-corrected chi connectivity index (χ2v) is 5.06. The van der Waals surface area contributed by atoms with Gasteiger partial charge < -0.3 is 5.11 Å². The Kier molecular flexibility index (Phi) is 4.94. The van der Waals surface area contributed by atoms with Crippen LogP contribution in [0.1, 0.15) is 36.5 Å². The lowest BCUT2D eigenvalue weighted by Gasteiger charge is -2.08. The van der Waals surface area contributed by atoms with E-state index in [0.29, 0.717) is 5.75 Å². The first-order chi connectivity index (χ1) is 9.70. The number of phenolic OH excluding ortho intramolecular Hbond substituents is 1. The average Bonchev–Trinajstić information content (AvgIpc) is 2.47. The largest absolute Gasteiger partial charge is 0.507 e. The van der Waals surface area contributed by atoms with E-state index in [1.165, 1.54) is 0 Å². The third-order valence-electron chi connectivity index (χ3n) is 3.27. The molecule has 0 amide bonds. The molecular formula is C18H21NO. The Labute approximate surface area is 120 Å². The van der Waals surface area contributed by atoms with Gasteiger partial charge in [-0.05, 0) is 49.1 Å². The van der Waals surface area contributed by atoms with Crippen molar-refractivity contribution in [2.75, 3.05) is 0 Å². The third kappa shape index (κ3) is 3.70. The van der Waals surface area contributed by atoms with E-state index in [1.807, 2.05) is 36.4 Å². The van der Waals surface area contributed by atoms with Crippen LogP contribution in [0.3, 0.4) is 0 Å². The van der Waals surface area contributed by atoms with Gasteiger partial charge in [0, 0.05) is 11.8 Å². The standard InChI is InChI=1S/C18H21NO/c1-3-4-8-15-11-14(2)12-16(18(15)20)13-19-17-9-6-5-7-10-17/h5-7,9-13,20H,3-4,8H2,1-2H3. The van der Waals surface area contributed by atoms with Gasteiger partial charge in [-0.2, -0.15) is 0 Å². The molecule has 2 heteroatoms. The monoisotopic (exact) mass is 267 g/mol. The molecular weight excluding hydrogens is 246 g/mol. The summed E-state index contributed by atoms with van der Waals surface area (Å²) in [4.78, 5) is 4.41. The van der Waals surface area contributed by atoms with Crippen molar-refractivity contribution in [3.8, 4) is 5.75 Å². The van der Waals surface area contributed by atoms with Crippen molar-refractivity contribution in [3.05, 3.63) is 59.2 Å². The van der Waals surface area contributed by atoms with Gasteiger partial charge in [-0.1, -0.05) is 37.6 Å². The molecule has 1 N–H and O–H groups in total. The first-order valence-corrected chi connectivity index (χ1v) is 7.12. The number of rotatable bonds is 5. The Balaban J connectivity index is 2.27. The zero-order valence-electron chi connectivity index (χ0n) is 12.1. The van der Waals surface area contributed by atoms with Crippen LogP contribution in [-0.4, -0.2) is 11.3 Å². The molecule has 2 aromatic carbocycles. The van der Waals surface area contributed by atoms with Crippen molar-refractivity contribution in [2.24, 2.45) is 4.99 Å². The van der Waals surface area contributed by atoms with Crippen LogP contribution in [0.15, 0.2) is 47.5 Å². The molecule has 0 bridgehead atoms. The smallest absolute Gasteiger partial charge is 0.127 e. The lowest BCUT2D eigenvalue weighted by atomic mass is 10.0. The zero-order chi connectivity index (χ0) is 14.4. The Morgan fingerprint density at radius 1 is 1.15 bits per heavy atom. The molecule has 0 aliphatic heterocycles. The predicted molar refractivity (Wildman–Crippen MR) is 85.2 cm³/mol. The Hall–Kier alpha value is -2.09. The molecule has 0 aromatic heterocycles. The van der Waals surface area contributed by atoms with Crippen molar-refractivity contribution >= 4 is 11.9 Å². The van der Waals surface area contributed by atoms with E-state index in [9.17, 15) is 5.11 Å². The average molecular weight is 267 g/mol. The van der Waals surface area contributed by atoms with Gasteiger partial charge in [0.05, 0.1) is 5.69 Å². The van der Waals surface area contributed by atoms with Gasteiger partial charge in [0.15, 0.2) is 0 Å². The molecule has 20 heavy (non-hydrogen) atoms. The molecule has 0 aliphatic rings. The number of para-hydroxylation sites is 1. The van der Waals surface area contributed by atoms with Crippen LogP contribution in [0.2, 0.25) is 0 Å². The third-order valence-corrected chi connectivity index (χ3v) is 3.27. The summed E-state index contributed by atoms with van der Waals surface area (Å²) in [5.74, 6) is 0.365. The molecule has 0 fully saturated rings. The first kappa shape index (κ1) is 14.3. The van der Waals surface area contributed by atoms with Crippen molar-refractivity contribution in [3.63, 3.8) is 0 Å². The van der Waals surface area contributed by atoms with Gasteiger partial charge in [0.2, 0.25) is 0 Å². The molecule has 2 nitrogen and oxygen atoms in total. The van der Waals surface area contributed by atoms with Gasteiger partial charge in [-0.25, -0.2) is 0 Å². The number of phenols is 1. The number of benzene rings is 2. The predicted octanol–water partition coefficient (Wildman–Crippen LogP) is 4.79. The van der Waals surface area contributed by atoms with E-state index < -0.39 is 0 Å². The summed E-state index contributed by atoms with van der Waals surface area (Å²) < 4.78 is 0. The fourth-order valence-electron chi connectivity index (χ4n) is 2.20. The summed E-state index contributed by atoms with van der Waals surface area (Å²) in [6, 6.07) is 13.8. The van der Waals surface area contributed by atoms with Gasteiger partial charge in [-0.3, -0.25) is 4.99 Å². The van der Waals surface area contributed by atoms with Gasteiger partial charge in [0.25, 0.3) is 0 Å². The van der Waals surface area contributed by atoms with Crippen LogP contribution in [-0.2, 0) is 6.42 Å². The molecule has 0 atom stereocenters. The van der Waals surface area contributed by atoms with Crippen LogP contribution in [0.4, 0.5) is 5.69 Å². The summed E-state index contributed by atoms with van der Waals surface area (Å²) in [6.45, 7) is 4.21. The fourth-order valence-corrected chi connectivity index (χ4v) is 2.20. The maximum absolute atomic E-state index is 10.3. The molecule has 0 spiro atoms. The summed E-state index contributed by atoms with van der Waals surface area (Å²) in [5, 5.41) is 10.3. The SMILES string of the molecule is CCCCc1cc(C)cc(C=Nc2ccccc2)c1O.